The molecule has 1 heterocycles. The highest BCUT2D eigenvalue weighted by atomic mass is 35.5. The maximum absolute atomic E-state index is 12.0. The molecule has 0 aromatic carbocycles. The van der Waals surface area contributed by atoms with Crippen LogP contribution in [0.2, 0.25) is 5.02 Å². The summed E-state index contributed by atoms with van der Waals surface area (Å²) in [5.74, 6) is 0.234. The molecule has 0 fully saturated rings. The van der Waals surface area contributed by atoms with Crippen LogP contribution in [0.1, 0.15) is 37.7 Å². The lowest BCUT2D eigenvalue weighted by atomic mass is 9.90. The number of amides is 1. The van der Waals surface area contributed by atoms with Gasteiger partial charge in [0.15, 0.2) is 0 Å². The summed E-state index contributed by atoms with van der Waals surface area (Å²) >= 11 is 5.73. The van der Waals surface area contributed by atoms with E-state index in [2.05, 4.69) is 24.1 Å². The molecule has 7 heteroatoms. The van der Waals surface area contributed by atoms with Crippen LogP contribution in [0.4, 0.5) is 0 Å². The van der Waals surface area contributed by atoms with Gasteiger partial charge >= 0.3 is 0 Å². The number of carbonyl (C=O) groups is 1. The van der Waals surface area contributed by atoms with Crippen LogP contribution in [0.5, 0.6) is 0 Å². The van der Waals surface area contributed by atoms with Crippen LogP contribution in [-0.2, 0) is 0 Å². The average molecular weight is 343 g/mol. The molecule has 0 spiro atoms. The summed E-state index contributed by atoms with van der Waals surface area (Å²) in [5, 5.41) is 3.45. The van der Waals surface area contributed by atoms with Crippen LogP contribution >= 0.6 is 36.4 Å². The van der Waals surface area contributed by atoms with Gasteiger partial charge in [0, 0.05) is 12.7 Å². The first kappa shape index (κ1) is 21.7. The Bertz CT molecular complexity index is 412. The number of rotatable bonds is 5. The van der Waals surface area contributed by atoms with Gasteiger partial charge in [0.1, 0.15) is 5.69 Å². The molecule has 20 heavy (non-hydrogen) atoms. The van der Waals surface area contributed by atoms with Crippen molar-refractivity contribution in [2.24, 2.45) is 11.7 Å². The van der Waals surface area contributed by atoms with E-state index in [0.717, 1.165) is 6.42 Å². The third kappa shape index (κ3) is 6.75. The minimum absolute atomic E-state index is 0. The molecule has 4 nitrogen and oxygen atoms in total. The lowest BCUT2D eigenvalue weighted by Gasteiger charge is -2.31. The van der Waals surface area contributed by atoms with Gasteiger partial charge in [-0.3, -0.25) is 4.79 Å². The molecule has 0 aliphatic carbocycles. The molecule has 116 valence electrons. The van der Waals surface area contributed by atoms with E-state index >= 15 is 0 Å². The molecule has 1 aromatic heterocycles. The normalized spacial score (nSPS) is 12.9. The number of pyridine rings is 1. The predicted molar refractivity (Wildman–Crippen MR) is 88.1 cm³/mol. The number of hydrogen-bond acceptors (Lipinski definition) is 3. The number of aromatic nitrogens is 1. The molecule has 1 rings (SSSR count). The number of nitrogens with zero attached hydrogens (tertiary/aromatic N) is 1. The lowest BCUT2D eigenvalue weighted by molar-refractivity contribution is 0.0893. The zero-order chi connectivity index (χ0) is 13.8. The van der Waals surface area contributed by atoms with Crippen LogP contribution in [0.3, 0.4) is 0 Å². The first-order valence-corrected chi connectivity index (χ1v) is 6.38. The first-order chi connectivity index (χ1) is 8.36. The van der Waals surface area contributed by atoms with Gasteiger partial charge < -0.3 is 11.1 Å². The van der Waals surface area contributed by atoms with Gasteiger partial charge in [-0.25, -0.2) is 4.98 Å². The Labute approximate surface area is 137 Å². The van der Waals surface area contributed by atoms with Gasteiger partial charge in [0.2, 0.25) is 0 Å². The maximum atomic E-state index is 12.0. The molecule has 1 atom stereocenters. The Morgan fingerprint density at radius 2 is 2.05 bits per heavy atom. The zero-order valence-electron chi connectivity index (χ0n) is 11.9. The van der Waals surface area contributed by atoms with Crippen molar-refractivity contribution in [1.82, 2.24) is 10.3 Å². The number of halogens is 3. The minimum atomic E-state index is -0.410. The molecule has 0 saturated heterocycles. The summed E-state index contributed by atoms with van der Waals surface area (Å²) in [7, 11) is 0. The molecular formula is C13H22Cl3N3O. The third-order valence-corrected chi connectivity index (χ3v) is 2.91. The molecule has 0 radical (unpaired) electrons. The second kappa shape index (κ2) is 9.40. The van der Waals surface area contributed by atoms with E-state index < -0.39 is 5.54 Å². The quantitative estimate of drug-likeness (QED) is 0.864. The van der Waals surface area contributed by atoms with Crippen molar-refractivity contribution in [3.63, 3.8) is 0 Å². The summed E-state index contributed by atoms with van der Waals surface area (Å²) < 4.78 is 0. The summed E-state index contributed by atoms with van der Waals surface area (Å²) in [6, 6.07) is 3.25. The summed E-state index contributed by atoms with van der Waals surface area (Å²) in [6.07, 6.45) is 2.28. The van der Waals surface area contributed by atoms with E-state index in [1.807, 2.05) is 6.92 Å². The van der Waals surface area contributed by atoms with Gasteiger partial charge in [-0.15, -0.1) is 24.8 Å². The number of nitrogens with one attached hydrogen (secondary N) is 1. The Morgan fingerprint density at radius 1 is 1.45 bits per heavy atom. The van der Waals surface area contributed by atoms with E-state index in [0.29, 0.717) is 23.2 Å². The van der Waals surface area contributed by atoms with Crippen molar-refractivity contribution < 1.29 is 4.79 Å². The fourth-order valence-electron chi connectivity index (χ4n) is 1.93. The Morgan fingerprint density at radius 3 is 2.45 bits per heavy atom. The van der Waals surface area contributed by atoms with Gasteiger partial charge in [-0.05, 0) is 31.4 Å². The second-order valence-corrected chi connectivity index (χ2v) is 5.61. The van der Waals surface area contributed by atoms with Crippen molar-refractivity contribution in [3.8, 4) is 0 Å². The highest BCUT2D eigenvalue weighted by Gasteiger charge is 2.26. The van der Waals surface area contributed by atoms with Crippen LogP contribution in [0, 0.1) is 5.92 Å². The van der Waals surface area contributed by atoms with Crippen LogP contribution in [-0.4, -0.2) is 23.0 Å². The molecular weight excluding hydrogens is 321 g/mol. The molecule has 0 bridgehead atoms. The van der Waals surface area contributed by atoms with Gasteiger partial charge in [-0.1, -0.05) is 25.4 Å². The average Bonchev–Trinajstić information content (AvgIpc) is 2.28. The monoisotopic (exact) mass is 341 g/mol. The van der Waals surface area contributed by atoms with E-state index in [4.69, 9.17) is 17.3 Å². The number of hydrogen-bond donors (Lipinski definition) is 2. The highest BCUT2D eigenvalue weighted by molar-refractivity contribution is 6.30. The van der Waals surface area contributed by atoms with E-state index in [1.54, 1.807) is 12.1 Å². The molecule has 1 amide bonds. The second-order valence-electron chi connectivity index (χ2n) is 5.18. The molecule has 0 saturated carbocycles. The Kier molecular flexibility index (Phi) is 10.2. The molecule has 0 aliphatic rings. The predicted octanol–water partition coefficient (Wildman–Crippen LogP) is 3.07. The fourth-order valence-corrected chi connectivity index (χ4v) is 2.05. The number of carbonyl (C=O) groups excluding carboxylic acids is 1. The van der Waals surface area contributed by atoms with Crippen molar-refractivity contribution in [2.75, 3.05) is 6.54 Å². The van der Waals surface area contributed by atoms with Crippen molar-refractivity contribution in [1.29, 1.82) is 0 Å². The van der Waals surface area contributed by atoms with Crippen molar-refractivity contribution in [2.45, 2.75) is 32.7 Å². The van der Waals surface area contributed by atoms with Crippen LogP contribution in [0.25, 0.3) is 0 Å². The van der Waals surface area contributed by atoms with Crippen LogP contribution < -0.4 is 11.1 Å². The molecule has 1 aromatic rings. The summed E-state index contributed by atoms with van der Waals surface area (Å²) in [4.78, 5) is 16.0. The first-order valence-electron chi connectivity index (χ1n) is 6.00. The number of nitrogens with two attached hydrogens (primary N) is 1. The Balaban J connectivity index is 0. The van der Waals surface area contributed by atoms with E-state index in [1.165, 1.54) is 6.20 Å². The van der Waals surface area contributed by atoms with E-state index in [9.17, 15) is 4.79 Å². The van der Waals surface area contributed by atoms with Gasteiger partial charge in [0.25, 0.3) is 5.91 Å². The van der Waals surface area contributed by atoms with Gasteiger partial charge in [-0.2, -0.15) is 0 Å². The SMILES string of the molecule is CC(C)CC(C)(CN)NC(=O)c1ccc(Cl)cn1.Cl.Cl. The Hall–Kier alpha value is -0.550. The van der Waals surface area contributed by atoms with Crippen LogP contribution in [0.15, 0.2) is 18.3 Å². The lowest BCUT2D eigenvalue weighted by Crippen LogP contribution is -2.52. The van der Waals surface area contributed by atoms with Crippen molar-refractivity contribution >= 4 is 42.3 Å². The van der Waals surface area contributed by atoms with Crippen molar-refractivity contribution in [3.05, 3.63) is 29.0 Å². The molecule has 3 N–H and O–H groups in total. The fraction of sp³-hybridized carbons (Fsp3) is 0.538. The minimum Gasteiger partial charge on any atom is -0.344 e. The smallest absolute Gasteiger partial charge is 0.270 e. The largest absolute Gasteiger partial charge is 0.344 e. The summed E-state index contributed by atoms with van der Waals surface area (Å²) in [6.45, 7) is 6.53. The topological polar surface area (TPSA) is 68.0 Å². The zero-order valence-corrected chi connectivity index (χ0v) is 14.2. The van der Waals surface area contributed by atoms with E-state index in [-0.39, 0.29) is 30.7 Å². The third-order valence-electron chi connectivity index (χ3n) is 2.68. The standard InChI is InChI=1S/C13H20ClN3O.2ClH/c1-9(2)6-13(3,8-15)17-12(18)11-5-4-10(14)7-16-11;;/h4-5,7,9H,6,8,15H2,1-3H3,(H,17,18);2*1H. The summed E-state index contributed by atoms with van der Waals surface area (Å²) in [5.41, 5.74) is 5.69. The van der Waals surface area contributed by atoms with Gasteiger partial charge in [0.05, 0.1) is 10.6 Å². The molecule has 0 aliphatic heterocycles. The maximum Gasteiger partial charge on any atom is 0.270 e. The highest BCUT2D eigenvalue weighted by Crippen LogP contribution is 2.16. The molecule has 1 unspecified atom stereocenters.